The van der Waals surface area contributed by atoms with Crippen LogP contribution in [0.2, 0.25) is 0 Å². The molecule has 0 fully saturated rings. The number of fused-ring (bicyclic) bond motifs is 3. The van der Waals surface area contributed by atoms with E-state index in [1.165, 1.54) is 0 Å². The van der Waals surface area contributed by atoms with E-state index in [2.05, 4.69) is 21.0 Å². The second kappa shape index (κ2) is 2.54. The maximum atomic E-state index is 4.35. The van der Waals surface area contributed by atoms with Crippen LogP contribution in [0.3, 0.4) is 0 Å². The first-order valence-corrected chi connectivity index (χ1v) is 4.53. The Bertz CT molecular complexity index is 610. The molecule has 3 aromatic rings. The molecule has 3 nitrogen and oxygen atoms in total. The van der Waals surface area contributed by atoms with Crippen LogP contribution in [-0.2, 0) is 0 Å². The molecule has 3 aromatic heterocycles. The molecule has 0 radical (unpaired) electrons. The number of aryl methyl sites for hydroxylation is 1. The molecule has 0 atom stereocenters. The highest BCUT2D eigenvalue weighted by Crippen LogP contribution is 2.20. The lowest BCUT2D eigenvalue weighted by Gasteiger charge is -2.00. The van der Waals surface area contributed by atoms with E-state index in [-0.39, 0.29) is 0 Å². The molecule has 0 spiro atoms. The zero-order chi connectivity index (χ0) is 9.54. The van der Waals surface area contributed by atoms with Gasteiger partial charge in [0, 0.05) is 28.9 Å². The molecule has 68 valence electrons. The predicted octanol–water partition coefficient (Wildman–Crippen LogP) is 2.42. The summed E-state index contributed by atoms with van der Waals surface area (Å²) in [6, 6.07) is 6.07. The Morgan fingerprint density at radius 1 is 1.14 bits per heavy atom. The average molecular weight is 183 g/mol. The van der Waals surface area contributed by atoms with Gasteiger partial charge in [0.25, 0.3) is 0 Å². The SMILES string of the molecule is Cc1ccc2c(ncc3ccnc32)[nH]1. The molecule has 0 saturated carbocycles. The number of aromatic amines is 1. The van der Waals surface area contributed by atoms with Crippen molar-refractivity contribution in [3.05, 3.63) is 36.3 Å². The lowest BCUT2D eigenvalue weighted by molar-refractivity contribution is 1.21. The van der Waals surface area contributed by atoms with Crippen molar-refractivity contribution in [2.24, 2.45) is 0 Å². The van der Waals surface area contributed by atoms with Crippen LogP contribution in [0.1, 0.15) is 5.69 Å². The summed E-state index contributed by atoms with van der Waals surface area (Å²) in [7, 11) is 0. The first-order valence-electron chi connectivity index (χ1n) is 4.53. The second-order valence-electron chi connectivity index (χ2n) is 3.41. The van der Waals surface area contributed by atoms with Crippen LogP contribution in [0.25, 0.3) is 21.9 Å². The van der Waals surface area contributed by atoms with E-state index in [1.807, 2.05) is 31.5 Å². The Kier molecular flexibility index (Phi) is 1.36. The maximum Gasteiger partial charge on any atom is 0.139 e. The van der Waals surface area contributed by atoms with Crippen molar-refractivity contribution < 1.29 is 0 Å². The molecule has 14 heavy (non-hydrogen) atoms. The molecule has 0 saturated heterocycles. The largest absolute Gasteiger partial charge is 0.344 e. The molecule has 1 N–H and O–H groups in total. The Morgan fingerprint density at radius 3 is 3.00 bits per heavy atom. The van der Waals surface area contributed by atoms with Crippen molar-refractivity contribution in [2.75, 3.05) is 0 Å². The first-order chi connectivity index (χ1) is 6.84. The zero-order valence-corrected chi connectivity index (χ0v) is 7.78. The van der Waals surface area contributed by atoms with Crippen LogP contribution in [0.4, 0.5) is 0 Å². The lowest BCUT2D eigenvalue weighted by atomic mass is 10.2. The van der Waals surface area contributed by atoms with Gasteiger partial charge in [-0.15, -0.1) is 0 Å². The van der Waals surface area contributed by atoms with Crippen LogP contribution in [-0.4, -0.2) is 15.0 Å². The van der Waals surface area contributed by atoms with E-state index in [0.717, 1.165) is 27.6 Å². The topological polar surface area (TPSA) is 41.6 Å². The molecule has 0 amide bonds. The molecule has 0 aliphatic heterocycles. The highest BCUT2D eigenvalue weighted by atomic mass is 14.9. The van der Waals surface area contributed by atoms with E-state index >= 15 is 0 Å². The lowest BCUT2D eigenvalue weighted by Crippen LogP contribution is -1.86. The standard InChI is InChI=1S/C11H9N3/c1-7-2-3-9-10-8(4-5-12-10)6-13-11(9)14-7/h2-6H,1H3,(H,13,14). The third kappa shape index (κ3) is 0.923. The first kappa shape index (κ1) is 7.50. The van der Waals surface area contributed by atoms with Gasteiger partial charge in [-0.3, -0.25) is 4.98 Å². The Hall–Kier alpha value is -1.90. The van der Waals surface area contributed by atoms with Crippen LogP contribution in [0, 0.1) is 6.92 Å². The fraction of sp³-hybridized carbons (Fsp3) is 0.0909. The van der Waals surface area contributed by atoms with E-state index < -0.39 is 0 Å². The van der Waals surface area contributed by atoms with Crippen molar-refractivity contribution in [1.29, 1.82) is 0 Å². The summed E-state index contributed by atoms with van der Waals surface area (Å²) in [6.07, 6.45) is 3.66. The fourth-order valence-corrected chi connectivity index (χ4v) is 1.68. The molecular formula is C11H9N3. The van der Waals surface area contributed by atoms with Gasteiger partial charge in [-0.1, -0.05) is 0 Å². The Morgan fingerprint density at radius 2 is 2.07 bits per heavy atom. The van der Waals surface area contributed by atoms with Crippen molar-refractivity contribution in [1.82, 2.24) is 15.0 Å². The molecule has 0 aliphatic rings. The molecule has 0 aromatic carbocycles. The van der Waals surface area contributed by atoms with Crippen molar-refractivity contribution >= 4 is 21.9 Å². The normalized spacial score (nSPS) is 11.2. The van der Waals surface area contributed by atoms with Gasteiger partial charge >= 0.3 is 0 Å². The fourth-order valence-electron chi connectivity index (χ4n) is 1.68. The highest BCUT2D eigenvalue weighted by Gasteiger charge is 2.02. The number of nitrogens with zero attached hydrogens (tertiary/aromatic N) is 2. The number of pyridine rings is 2. The van der Waals surface area contributed by atoms with Gasteiger partial charge in [0.15, 0.2) is 0 Å². The maximum absolute atomic E-state index is 4.35. The summed E-state index contributed by atoms with van der Waals surface area (Å²) in [4.78, 5) is 11.9. The second-order valence-corrected chi connectivity index (χ2v) is 3.41. The quantitative estimate of drug-likeness (QED) is 0.581. The Balaban J connectivity index is 2.57. The smallest absolute Gasteiger partial charge is 0.139 e. The van der Waals surface area contributed by atoms with Crippen LogP contribution < -0.4 is 0 Å². The molecule has 3 heterocycles. The summed E-state index contributed by atoms with van der Waals surface area (Å²) in [5.41, 5.74) is 3.03. The average Bonchev–Trinajstić information content (AvgIpc) is 2.65. The summed E-state index contributed by atoms with van der Waals surface area (Å²) < 4.78 is 0. The number of nitrogens with one attached hydrogen (secondary N) is 1. The van der Waals surface area contributed by atoms with E-state index in [9.17, 15) is 0 Å². The molecule has 0 aliphatic carbocycles. The summed E-state index contributed by atoms with van der Waals surface area (Å²) >= 11 is 0. The van der Waals surface area contributed by atoms with Gasteiger partial charge in [-0.25, -0.2) is 4.98 Å². The Labute approximate surface area is 80.8 Å². The summed E-state index contributed by atoms with van der Waals surface area (Å²) in [5.74, 6) is 0. The number of rotatable bonds is 0. The molecule has 0 unspecified atom stereocenters. The van der Waals surface area contributed by atoms with E-state index in [1.54, 1.807) is 0 Å². The van der Waals surface area contributed by atoms with Crippen molar-refractivity contribution in [2.45, 2.75) is 6.92 Å². The molecule has 3 heteroatoms. The third-order valence-electron chi connectivity index (χ3n) is 2.39. The number of H-pyrrole nitrogens is 1. The van der Waals surface area contributed by atoms with E-state index in [0.29, 0.717) is 0 Å². The van der Waals surface area contributed by atoms with Gasteiger partial charge in [-0.05, 0) is 25.1 Å². The third-order valence-corrected chi connectivity index (χ3v) is 2.39. The van der Waals surface area contributed by atoms with Crippen LogP contribution >= 0.6 is 0 Å². The number of aromatic nitrogens is 3. The van der Waals surface area contributed by atoms with Crippen molar-refractivity contribution in [3.63, 3.8) is 0 Å². The summed E-state index contributed by atoms with van der Waals surface area (Å²) in [6.45, 7) is 2.02. The van der Waals surface area contributed by atoms with Crippen LogP contribution in [0.5, 0.6) is 0 Å². The van der Waals surface area contributed by atoms with E-state index in [4.69, 9.17) is 0 Å². The minimum atomic E-state index is 0.899. The minimum Gasteiger partial charge on any atom is -0.344 e. The molecule has 3 rings (SSSR count). The number of hydrogen-bond donors (Lipinski definition) is 1. The van der Waals surface area contributed by atoms with Crippen LogP contribution in [0.15, 0.2) is 30.6 Å². The van der Waals surface area contributed by atoms with Gasteiger partial charge < -0.3 is 4.98 Å². The van der Waals surface area contributed by atoms with Gasteiger partial charge in [0.1, 0.15) is 5.65 Å². The van der Waals surface area contributed by atoms with Gasteiger partial charge in [0.2, 0.25) is 0 Å². The molecular weight excluding hydrogens is 174 g/mol. The van der Waals surface area contributed by atoms with Gasteiger partial charge in [0.05, 0.1) is 5.52 Å². The van der Waals surface area contributed by atoms with Gasteiger partial charge in [-0.2, -0.15) is 0 Å². The van der Waals surface area contributed by atoms with Crippen molar-refractivity contribution in [3.8, 4) is 0 Å². The monoisotopic (exact) mass is 183 g/mol. The number of hydrogen-bond acceptors (Lipinski definition) is 2. The molecule has 0 bridgehead atoms. The summed E-state index contributed by atoms with van der Waals surface area (Å²) in [5, 5.41) is 2.17. The minimum absolute atomic E-state index is 0.899. The zero-order valence-electron chi connectivity index (χ0n) is 7.78. The predicted molar refractivity (Wildman–Crippen MR) is 56.1 cm³/mol. The highest BCUT2D eigenvalue weighted by molar-refractivity contribution is 6.01.